The molecule has 5 nitrogen and oxygen atoms in total. The van der Waals surface area contributed by atoms with Crippen molar-refractivity contribution in [2.45, 2.75) is 45.2 Å². The average molecular weight is 337 g/mol. The molecule has 0 radical (unpaired) electrons. The Morgan fingerprint density at radius 1 is 0.955 bits per heavy atom. The van der Waals surface area contributed by atoms with Gasteiger partial charge in [0.15, 0.2) is 9.04 Å². The lowest BCUT2D eigenvalue weighted by molar-refractivity contribution is -0.890. The van der Waals surface area contributed by atoms with Crippen molar-refractivity contribution in [1.82, 2.24) is 0 Å². The molecule has 0 aliphatic carbocycles. The van der Waals surface area contributed by atoms with E-state index in [1.807, 2.05) is 0 Å². The molecular weight excluding hydrogens is 298 g/mol. The van der Waals surface area contributed by atoms with Crippen molar-refractivity contribution in [2.24, 2.45) is 5.41 Å². The summed E-state index contributed by atoms with van der Waals surface area (Å²) in [4.78, 5) is 0. The Labute approximate surface area is 138 Å². The third-order valence-electron chi connectivity index (χ3n) is 4.42. The number of hydrogen-bond acceptors (Lipinski definition) is 4. The van der Waals surface area contributed by atoms with Crippen LogP contribution in [-0.4, -0.2) is 82.5 Å². The fourth-order valence-electron chi connectivity index (χ4n) is 2.40. The van der Waals surface area contributed by atoms with Crippen molar-refractivity contribution in [2.75, 3.05) is 53.6 Å². The highest BCUT2D eigenvalue weighted by molar-refractivity contribution is 6.50. The average Bonchev–Trinajstić information content (AvgIpc) is 2.49. The van der Waals surface area contributed by atoms with E-state index in [1.165, 1.54) is 25.8 Å². The molecule has 0 aromatic carbocycles. The van der Waals surface area contributed by atoms with Crippen molar-refractivity contribution in [3.05, 3.63) is 0 Å². The summed E-state index contributed by atoms with van der Waals surface area (Å²) < 4.78 is 6.91. The van der Waals surface area contributed by atoms with E-state index in [2.05, 4.69) is 27.6 Å². The fourth-order valence-corrected chi connectivity index (χ4v) is 3.96. The van der Waals surface area contributed by atoms with Gasteiger partial charge in [-0.2, -0.15) is 0 Å². The summed E-state index contributed by atoms with van der Waals surface area (Å²) in [6.45, 7) is 6.28. The summed E-state index contributed by atoms with van der Waals surface area (Å²) in [6, 6.07) is 1.09. The van der Waals surface area contributed by atoms with Gasteiger partial charge in [-0.1, -0.05) is 13.3 Å². The zero-order chi connectivity index (χ0) is 17.1. The van der Waals surface area contributed by atoms with Gasteiger partial charge in [-0.15, -0.1) is 0 Å². The summed E-state index contributed by atoms with van der Waals surface area (Å²) in [5.41, 5.74) is -0.892. The molecule has 1 atom stereocenters. The van der Waals surface area contributed by atoms with Crippen LogP contribution in [0.5, 0.6) is 0 Å². The highest BCUT2D eigenvalue weighted by Crippen LogP contribution is 2.17. The lowest BCUT2D eigenvalue weighted by atomic mass is 9.93. The third kappa shape index (κ3) is 9.22. The molecular formula is C16H38NO4Si+. The summed E-state index contributed by atoms with van der Waals surface area (Å²) in [5, 5.41) is 27.9. The summed E-state index contributed by atoms with van der Waals surface area (Å²) in [5.74, 6) is 0. The molecule has 22 heavy (non-hydrogen) atoms. The van der Waals surface area contributed by atoms with Crippen LogP contribution in [0, 0.1) is 5.41 Å². The van der Waals surface area contributed by atoms with E-state index in [9.17, 15) is 15.3 Å². The minimum Gasteiger partial charge on any atom is -0.419 e. The van der Waals surface area contributed by atoms with E-state index in [4.69, 9.17) is 4.43 Å². The van der Waals surface area contributed by atoms with Gasteiger partial charge in [0, 0.05) is 6.61 Å². The third-order valence-corrected chi connectivity index (χ3v) is 6.38. The van der Waals surface area contributed by atoms with Crippen LogP contribution in [0.4, 0.5) is 0 Å². The van der Waals surface area contributed by atoms with Gasteiger partial charge in [-0.05, 0) is 31.9 Å². The summed E-state index contributed by atoms with van der Waals surface area (Å²) in [6.07, 6.45) is 5.01. The van der Waals surface area contributed by atoms with E-state index < -0.39 is 14.5 Å². The number of nitrogens with zero attached hydrogens (tertiary/aromatic N) is 1. The highest BCUT2D eigenvalue weighted by atomic mass is 28.3. The molecule has 1 unspecified atom stereocenters. The zero-order valence-electron chi connectivity index (χ0n) is 15.1. The molecule has 0 aliphatic heterocycles. The molecule has 0 amide bonds. The number of hydrogen-bond donors (Lipinski definition) is 3. The molecule has 0 aromatic rings. The van der Waals surface area contributed by atoms with Gasteiger partial charge in [0.2, 0.25) is 0 Å². The monoisotopic (exact) mass is 336 g/mol. The molecule has 0 aromatic heterocycles. The Kier molecular flexibility index (Phi) is 11.5. The van der Waals surface area contributed by atoms with Crippen molar-refractivity contribution in [3.63, 3.8) is 0 Å². The summed E-state index contributed by atoms with van der Waals surface area (Å²) >= 11 is 0. The van der Waals surface area contributed by atoms with E-state index in [-0.39, 0.29) is 26.4 Å². The van der Waals surface area contributed by atoms with Crippen molar-refractivity contribution < 1.29 is 24.2 Å². The lowest BCUT2D eigenvalue weighted by Gasteiger charge is -2.31. The van der Waals surface area contributed by atoms with Crippen LogP contribution >= 0.6 is 0 Å². The Hall–Kier alpha value is 0.0169. The summed E-state index contributed by atoms with van der Waals surface area (Å²) in [7, 11) is 3.27. The maximum atomic E-state index is 9.29. The highest BCUT2D eigenvalue weighted by Gasteiger charge is 2.29. The van der Waals surface area contributed by atoms with Crippen LogP contribution < -0.4 is 0 Å². The van der Waals surface area contributed by atoms with E-state index >= 15 is 0 Å². The lowest BCUT2D eigenvalue weighted by Crippen LogP contribution is -2.42. The van der Waals surface area contributed by atoms with Gasteiger partial charge < -0.3 is 24.2 Å². The molecule has 0 heterocycles. The Bertz CT molecular complexity index is 265. The number of aliphatic hydroxyl groups excluding tert-OH is 3. The van der Waals surface area contributed by atoms with Gasteiger partial charge >= 0.3 is 0 Å². The van der Waals surface area contributed by atoms with Crippen LogP contribution in [0.3, 0.4) is 0 Å². The van der Waals surface area contributed by atoms with Gasteiger partial charge in [-0.25, -0.2) is 0 Å². The van der Waals surface area contributed by atoms with E-state index in [0.717, 1.165) is 23.5 Å². The fraction of sp³-hybridized carbons (Fsp3) is 1.00. The first-order valence-electron chi connectivity index (χ1n) is 8.61. The van der Waals surface area contributed by atoms with Gasteiger partial charge in [-0.3, -0.25) is 0 Å². The SMILES string of the molecule is CCCCC[N+](C)(C)CCC[SiH](C)OCC(CO)(CO)CO. The molecule has 0 saturated heterocycles. The predicted molar refractivity (Wildman–Crippen MR) is 93.4 cm³/mol. The van der Waals surface area contributed by atoms with E-state index in [1.54, 1.807) is 0 Å². The number of quaternary nitrogens is 1. The zero-order valence-corrected chi connectivity index (χ0v) is 16.2. The minimum absolute atomic E-state index is 0.248. The first-order chi connectivity index (χ1) is 10.3. The number of rotatable bonds is 14. The van der Waals surface area contributed by atoms with E-state index in [0.29, 0.717) is 0 Å². The molecule has 3 N–H and O–H groups in total. The van der Waals surface area contributed by atoms with Gasteiger partial charge in [0.05, 0.1) is 52.4 Å². The van der Waals surface area contributed by atoms with Gasteiger partial charge in [0.1, 0.15) is 0 Å². The Morgan fingerprint density at radius 3 is 2.00 bits per heavy atom. The quantitative estimate of drug-likeness (QED) is 0.251. The second-order valence-electron chi connectivity index (χ2n) is 7.33. The normalized spacial score (nSPS) is 14.3. The first kappa shape index (κ1) is 22.0. The van der Waals surface area contributed by atoms with Crippen molar-refractivity contribution >= 4 is 9.04 Å². The first-order valence-corrected chi connectivity index (χ1v) is 11.0. The molecule has 0 bridgehead atoms. The van der Waals surface area contributed by atoms with Crippen LogP contribution in [0.25, 0.3) is 0 Å². The molecule has 0 rings (SSSR count). The number of aliphatic hydroxyl groups is 3. The molecule has 134 valence electrons. The predicted octanol–water partition coefficient (Wildman–Crippen LogP) is 0.977. The Morgan fingerprint density at radius 2 is 1.50 bits per heavy atom. The second kappa shape index (κ2) is 11.5. The maximum absolute atomic E-state index is 9.29. The molecule has 0 saturated carbocycles. The van der Waals surface area contributed by atoms with Crippen molar-refractivity contribution in [3.8, 4) is 0 Å². The minimum atomic E-state index is -1.31. The van der Waals surface area contributed by atoms with Crippen LogP contribution in [-0.2, 0) is 4.43 Å². The topological polar surface area (TPSA) is 69.9 Å². The second-order valence-corrected chi connectivity index (χ2v) is 9.86. The number of unbranched alkanes of at least 4 members (excludes halogenated alkanes) is 2. The standard InChI is InChI=1S/C16H38NO4Si/c1-5-6-7-9-17(2,3)10-8-11-22(4)21-15-16(12-18,13-19)14-20/h18-20,22H,5-15H2,1-4H3/q+1. The van der Waals surface area contributed by atoms with Crippen LogP contribution in [0.15, 0.2) is 0 Å². The smallest absolute Gasteiger partial charge is 0.174 e. The Balaban J connectivity index is 3.96. The maximum Gasteiger partial charge on any atom is 0.174 e. The molecule has 0 aliphatic rings. The van der Waals surface area contributed by atoms with Gasteiger partial charge in [0.25, 0.3) is 0 Å². The largest absolute Gasteiger partial charge is 0.419 e. The van der Waals surface area contributed by atoms with Crippen LogP contribution in [0.2, 0.25) is 12.6 Å². The molecule has 6 heteroatoms. The van der Waals surface area contributed by atoms with Crippen LogP contribution in [0.1, 0.15) is 32.6 Å². The molecule has 0 fully saturated rings. The molecule has 0 spiro atoms. The van der Waals surface area contributed by atoms with Crippen molar-refractivity contribution in [1.29, 1.82) is 0 Å².